The number of nitrogens with zero attached hydrogens (tertiary/aromatic N) is 1. The number of aromatic nitrogens is 1. The summed E-state index contributed by atoms with van der Waals surface area (Å²) in [5.74, 6) is 0.681. The molecule has 0 unspecified atom stereocenters. The van der Waals surface area contributed by atoms with E-state index in [0.717, 1.165) is 35.1 Å². The van der Waals surface area contributed by atoms with Crippen LogP contribution in [0.3, 0.4) is 0 Å². The van der Waals surface area contributed by atoms with Gasteiger partial charge in [-0.25, -0.2) is 4.98 Å². The smallest absolute Gasteiger partial charge is 0.125 e. The van der Waals surface area contributed by atoms with Crippen molar-refractivity contribution < 1.29 is 0 Å². The molecule has 1 saturated carbocycles. The number of halogens is 1. The molecule has 0 aliphatic heterocycles. The molecule has 0 spiro atoms. The highest BCUT2D eigenvalue weighted by Crippen LogP contribution is 2.44. The topological polar surface area (TPSA) is 24.9 Å². The van der Waals surface area contributed by atoms with E-state index < -0.39 is 0 Å². The van der Waals surface area contributed by atoms with Crippen LogP contribution in [0.1, 0.15) is 42.7 Å². The number of benzene rings is 1. The van der Waals surface area contributed by atoms with E-state index in [1.54, 1.807) is 11.3 Å². The average Bonchev–Trinajstić information content (AvgIpc) is 3.21. The quantitative estimate of drug-likeness (QED) is 0.772. The molecule has 0 bridgehead atoms. The van der Waals surface area contributed by atoms with Crippen LogP contribution in [0.5, 0.6) is 0 Å². The summed E-state index contributed by atoms with van der Waals surface area (Å²) in [7, 11) is 0. The molecule has 2 aromatic rings. The first-order valence-corrected chi connectivity index (χ1v) is 8.44. The summed E-state index contributed by atoms with van der Waals surface area (Å²) in [5, 5.41) is 5.34. The Morgan fingerprint density at radius 1 is 1.35 bits per heavy atom. The van der Waals surface area contributed by atoms with Gasteiger partial charge in [-0.2, -0.15) is 0 Å². The van der Waals surface area contributed by atoms with Crippen molar-refractivity contribution in [3.63, 3.8) is 0 Å². The van der Waals surface area contributed by atoms with Gasteiger partial charge >= 0.3 is 0 Å². The minimum absolute atomic E-state index is 0.681. The van der Waals surface area contributed by atoms with Gasteiger partial charge in [-0.15, -0.1) is 11.3 Å². The van der Waals surface area contributed by atoms with Crippen molar-refractivity contribution >= 4 is 22.9 Å². The molecule has 3 rings (SSSR count). The largest absolute Gasteiger partial charge is 0.312 e. The minimum Gasteiger partial charge on any atom is -0.312 e. The Bertz CT molecular complexity index is 590. The molecule has 0 atom stereocenters. The van der Waals surface area contributed by atoms with Gasteiger partial charge in [0.25, 0.3) is 0 Å². The fraction of sp³-hybridized carbons (Fsp3) is 0.438. The van der Waals surface area contributed by atoms with E-state index in [1.165, 1.54) is 23.4 Å². The minimum atomic E-state index is 0.681. The van der Waals surface area contributed by atoms with Gasteiger partial charge in [-0.1, -0.05) is 36.7 Å². The van der Waals surface area contributed by atoms with Crippen molar-refractivity contribution in [2.75, 3.05) is 6.54 Å². The lowest BCUT2D eigenvalue weighted by Crippen LogP contribution is -2.13. The van der Waals surface area contributed by atoms with E-state index in [-0.39, 0.29) is 0 Å². The van der Waals surface area contributed by atoms with E-state index in [4.69, 9.17) is 16.6 Å². The molecule has 1 aliphatic rings. The number of thiazole rings is 1. The van der Waals surface area contributed by atoms with Gasteiger partial charge in [0, 0.05) is 22.9 Å². The summed E-state index contributed by atoms with van der Waals surface area (Å²) in [5.41, 5.74) is 2.36. The normalized spacial score (nSPS) is 14.7. The van der Waals surface area contributed by atoms with Gasteiger partial charge < -0.3 is 5.32 Å². The monoisotopic (exact) mass is 306 g/mol. The maximum Gasteiger partial charge on any atom is 0.125 e. The Labute approximate surface area is 129 Å². The maximum atomic E-state index is 6.29. The van der Waals surface area contributed by atoms with E-state index in [1.807, 2.05) is 18.2 Å². The maximum absolute atomic E-state index is 6.29. The number of hydrogen-bond acceptors (Lipinski definition) is 3. The van der Waals surface area contributed by atoms with Gasteiger partial charge in [0.15, 0.2) is 0 Å². The fourth-order valence-electron chi connectivity index (χ4n) is 2.29. The van der Waals surface area contributed by atoms with Crippen LogP contribution in [0.25, 0.3) is 10.6 Å². The zero-order chi connectivity index (χ0) is 13.9. The Morgan fingerprint density at radius 2 is 2.15 bits per heavy atom. The number of hydrogen-bond donors (Lipinski definition) is 1. The summed E-state index contributed by atoms with van der Waals surface area (Å²) in [6.45, 7) is 4.18. The van der Waals surface area contributed by atoms with E-state index in [0.29, 0.717) is 5.92 Å². The molecular weight excluding hydrogens is 288 g/mol. The first-order chi connectivity index (χ1) is 9.79. The van der Waals surface area contributed by atoms with Crippen molar-refractivity contribution in [2.45, 2.75) is 38.6 Å². The van der Waals surface area contributed by atoms with Crippen LogP contribution in [-0.2, 0) is 6.54 Å². The Kier molecular flexibility index (Phi) is 4.39. The SMILES string of the molecule is CCCNCc1sc(-c2ccccc2Cl)nc1C1CC1. The molecule has 1 aromatic carbocycles. The van der Waals surface area contributed by atoms with Crippen LogP contribution in [0.4, 0.5) is 0 Å². The van der Waals surface area contributed by atoms with E-state index in [2.05, 4.69) is 18.3 Å². The molecule has 0 saturated heterocycles. The Hall–Kier alpha value is -0.900. The molecule has 20 heavy (non-hydrogen) atoms. The van der Waals surface area contributed by atoms with Gasteiger partial charge in [-0.3, -0.25) is 0 Å². The molecule has 1 fully saturated rings. The molecule has 106 valence electrons. The third-order valence-electron chi connectivity index (χ3n) is 3.51. The van der Waals surface area contributed by atoms with Crippen LogP contribution >= 0.6 is 22.9 Å². The third kappa shape index (κ3) is 3.05. The highest BCUT2D eigenvalue weighted by molar-refractivity contribution is 7.15. The second-order valence-electron chi connectivity index (χ2n) is 5.26. The molecule has 1 aromatic heterocycles. The summed E-state index contributed by atoms with van der Waals surface area (Å²) in [4.78, 5) is 6.26. The third-order valence-corrected chi connectivity index (χ3v) is 4.94. The van der Waals surface area contributed by atoms with Crippen molar-refractivity contribution in [1.29, 1.82) is 0 Å². The van der Waals surface area contributed by atoms with Crippen molar-refractivity contribution in [2.24, 2.45) is 0 Å². The van der Waals surface area contributed by atoms with Crippen LogP contribution in [0.2, 0.25) is 5.02 Å². The van der Waals surface area contributed by atoms with Crippen LogP contribution < -0.4 is 5.32 Å². The molecular formula is C16H19ClN2S. The van der Waals surface area contributed by atoms with Crippen molar-refractivity contribution in [1.82, 2.24) is 10.3 Å². The second kappa shape index (κ2) is 6.25. The van der Waals surface area contributed by atoms with Gasteiger partial charge in [0.2, 0.25) is 0 Å². The summed E-state index contributed by atoms with van der Waals surface area (Å²) < 4.78 is 0. The van der Waals surface area contributed by atoms with Crippen molar-refractivity contribution in [3.05, 3.63) is 39.9 Å². The molecule has 1 heterocycles. The first kappa shape index (κ1) is 14.1. The average molecular weight is 307 g/mol. The van der Waals surface area contributed by atoms with Gasteiger partial charge in [-0.05, 0) is 31.9 Å². The highest BCUT2D eigenvalue weighted by Gasteiger charge is 2.29. The zero-order valence-electron chi connectivity index (χ0n) is 11.7. The molecule has 2 nitrogen and oxygen atoms in total. The zero-order valence-corrected chi connectivity index (χ0v) is 13.2. The van der Waals surface area contributed by atoms with E-state index >= 15 is 0 Å². The molecule has 0 amide bonds. The lowest BCUT2D eigenvalue weighted by molar-refractivity contribution is 0.676. The van der Waals surface area contributed by atoms with Gasteiger partial charge in [0.05, 0.1) is 10.7 Å². The summed E-state index contributed by atoms with van der Waals surface area (Å²) in [6, 6.07) is 7.98. The summed E-state index contributed by atoms with van der Waals surface area (Å²) in [6.07, 6.45) is 3.73. The lowest BCUT2D eigenvalue weighted by atomic mass is 10.2. The fourth-order valence-corrected chi connectivity index (χ4v) is 3.73. The number of nitrogens with one attached hydrogen (secondary N) is 1. The molecule has 1 N–H and O–H groups in total. The predicted molar refractivity (Wildman–Crippen MR) is 86.5 cm³/mol. The van der Waals surface area contributed by atoms with Gasteiger partial charge in [0.1, 0.15) is 5.01 Å². The number of rotatable bonds is 6. The lowest BCUT2D eigenvalue weighted by Gasteiger charge is -2.01. The van der Waals surface area contributed by atoms with Crippen LogP contribution in [0, 0.1) is 0 Å². The highest BCUT2D eigenvalue weighted by atomic mass is 35.5. The Morgan fingerprint density at radius 3 is 2.85 bits per heavy atom. The molecule has 1 aliphatic carbocycles. The summed E-state index contributed by atoms with van der Waals surface area (Å²) >= 11 is 8.08. The van der Waals surface area contributed by atoms with Crippen LogP contribution in [0.15, 0.2) is 24.3 Å². The first-order valence-electron chi connectivity index (χ1n) is 7.24. The standard InChI is InChI=1S/C16H19ClN2S/c1-2-9-18-10-14-15(11-7-8-11)19-16(20-14)12-5-3-4-6-13(12)17/h3-6,11,18H,2,7-10H2,1H3. The van der Waals surface area contributed by atoms with E-state index in [9.17, 15) is 0 Å². The molecule has 4 heteroatoms. The second-order valence-corrected chi connectivity index (χ2v) is 6.75. The molecule has 0 radical (unpaired) electrons. The Balaban J connectivity index is 1.89. The predicted octanol–water partition coefficient (Wildman–Crippen LogP) is 4.84. The van der Waals surface area contributed by atoms with Crippen LogP contribution in [-0.4, -0.2) is 11.5 Å². The van der Waals surface area contributed by atoms with Crippen molar-refractivity contribution in [3.8, 4) is 10.6 Å².